The van der Waals surface area contributed by atoms with E-state index in [9.17, 15) is 14.7 Å². The summed E-state index contributed by atoms with van der Waals surface area (Å²) in [6.07, 6.45) is 0. The van der Waals surface area contributed by atoms with E-state index < -0.39 is 17.7 Å². The molecule has 0 spiro atoms. The molecule has 1 aliphatic rings. The van der Waals surface area contributed by atoms with Gasteiger partial charge < -0.3 is 19.5 Å². The second-order valence-electron chi connectivity index (χ2n) is 8.89. The van der Waals surface area contributed by atoms with Crippen molar-refractivity contribution < 1.29 is 24.2 Å². The van der Waals surface area contributed by atoms with Gasteiger partial charge in [0.2, 0.25) is 0 Å². The molecular weight excluding hydrogens is 466 g/mol. The molecule has 186 valence electrons. The predicted molar refractivity (Wildman–Crippen MR) is 142 cm³/mol. The number of nitrogens with zero attached hydrogens (tertiary/aromatic N) is 1. The summed E-state index contributed by atoms with van der Waals surface area (Å²) >= 11 is 0. The fraction of sp³-hybridized carbons (Fsp3) is 0.161. The molecule has 1 N–H and O–H groups in total. The molecular formula is C31H27NO5. The van der Waals surface area contributed by atoms with E-state index in [0.29, 0.717) is 23.5 Å². The lowest BCUT2D eigenvalue weighted by Crippen LogP contribution is -2.32. The number of hydrogen-bond acceptors (Lipinski definition) is 5. The van der Waals surface area contributed by atoms with Crippen molar-refractivity contribution in [1.82, 2.24) is 4.90 Å². The van der Waals surface area contributed by atoms with Gasteiger partial charge >= 0.3 is 0 Å². The van der Waals surface area contributed by atoms with Crippen LogP contribution in [0.15, 0.2) is 103 Å². The molecule has 5 rings (SSSR count). The molecule has 1 atom stereocenters. The number of ether oxygens (including phenoxy) is 2. The number of carbonyl (C=O) groups excluding carboxylic acids is 2. The normalized spacial score (nSPS) is 16.9. The van der Waals surface area contributed by atoms with Crippen molar-refractivity contribution >= 4 is 28.2 Å². The highest BCUT2D eigenvalue weighted by Gasteiger charge is 2.45. The largest absolute Gasteiger partial charge is 0.507 e. The fourth-order valence-electron chi connectivity index (χ4n) is 4.63. The number of hydrogen-bond donors (Lipinski definition) is 1. The molecule has 4 aromatic carbocycles. The molecule has 0 bridgehead atoms. The predicted octanol–water partition coefficient (Wildman–Crippen LogP) is 5.49. The van der Waals surface area contributed by atoms with Crippen LogP contribution >= 0.6 is 0 Å². The summed E-state index contributed by atoms with van der Waals surface area (Å²) in [4.78, 5) is 27.7. The third-order valence-electron chi connectivity index (χ3n) is 6.54. The number of carbonyl (C=O) groups is 2. The van der Waals surface area contributed by atoms with E-state index in [1.807, 2.05) is 91.0 Å². The van der Waals surface area contributed by atoms with E-state index in [1.54, 1.807) is 13.2 Å². The van der Waals surface area contributed by atoms with Crippen molar-refractivity contribution in [3.63, 3.8) is 0 Å². The summed E-state index contributed by atoms with van der Waals surface area (Å²) in [5.74, 6) is -0.903. The summed E-state index contributed by atoms with van der Waals surface area (Å²) in [6.45, 7) is 0.902. The van der Waals surface area contributed by atoms with Gasteiger partial charge in [-0.05, 0) is 40.1 Å². The first-order valence-electron chi connectivity index (χ1n) is 12.1. The standard InChI is InChI=1S/C31H27NO5/c1-36-18-17-32-28(23-13-15-26(16-14-23)37-20-21-7-3-2-4-8-21)27(30(34)31(32)35)29(33)25-12-11-22-9-5-6-10-24(22)19-25/h2-16,19,28,33H,17-18,20H2,1H3/b29-27-. The minimum absolute atomic E-state index is 0.0642. The summed E-state index contributed by atoms with van der Waals surface area (Å²) in [5, 5.41) is 13.3. The molecule has 1 heterocycles. The minimum Gasteiger partial charge on any atom is -0.507 e. The number of aliphatic hydroxyl groups excluding tert-OH is 1. The van der Waals surface area contributed by atoms with Crippen molar-refractivity contribution in [1.29, 1.82) is 0 Å². The summed E-state index contributed by atoms with van der Waals surface area (Å²) in [5.41, 5.74) is 2.30. The van der Waals surface area contributed by atoms with Crippen molar-refractivity contribution in [2.45, 2.75) is 12.6 Å². The van der Waals surface area contributed by atoms with Gasteiger partial charge in [0.25, 0.3) is 11.7 Å². The number of benzene rings is 4. The van der Waals surface area contributed by atoms with Crippen LogP contribution in [-0.4, -0.2) is 42.0 Å². The highest BCUT2D eigenvalue weighted by Crippen LogP contribution is 2.40. The summed E-state index contributed by atoms with van der Waals surface area (Å²) < 4.78 is 11.1. The van der Waals surface area contributed by atoms with Crippen LogP contribution in [0.1, 0.15) is 22.7 Å². The number of Topliss-reactive ketones (excluding diaryl/α,β-unsaturated/α-hetero) is 1. The average molecular weight is 494 g/mol. The minimum atomic E-state index is -0.746. The maximum Gasteiger partial charge on any atom is 0.295 e. The number of rotatable bonds is 8. The molecule has 1 unspecified atom stereocenters. The van der Waals surface area contributed by atoms with Crippen molar-refractivity contribution in [2.24, 2.45) is 0 Å². The maximum atomic E-state index is 13.2. The van der Waals surface area contributed by atoms with Gasteiger partial charge in [-0.1, -0.05) is 78.9 Å². The van der Waals surface area contributed by atoms with Gasteiger partial charge in [-0.2, -0.15) is 0 Å². The van der Waals surface area contributed by atoms with Crippen molar-refractivity contribution in [3.8, 4) is 5.75 Å². The van der Waals surface area contributed by atoms with Crippen LogP contribution in [0.4, 0.5) is 0 Å². The first-order valence-corrected chi connectivity index (χ1v) is 12.1. The number of aliphatic hydroxyl groups is 1. The number of ketones is 1. The van der Waals surface area contributed by atoms with Crippen LogP contribution in [0.3, 0.4) is 0 Å². The van der Waals surface area contributed by atoms with Gasteiger partial charge in [0.1, 0.15) is 18.1 Å². The van der Waals surface area contributed by atoms with E-state index in [-0.39, 0.29) is 24.5 Å². The van der Waals surface area contributed by atoms with Gasteiger partial charge in [-0.3, -0.25) is 9.59 Å². The third kappa shape index (κ3) is 4.97. The van der Waals surface area contributed by atoms with Gasteiger partial charge in [0.05, 0.1) is 18.2 Å². The molecule has 1 amide bonds. The van der Waals surface area contributed by atoms with E-state index in [0.717, 1.165) is 16.3 Å². The molecule has 0 aromatic heterocycles. The molecule has 1 aliphatic heterocycles. The molecule has 0 saturated carbocycles. The van der Waals surface area contributed by atoms with Crippen LogP contribution in [0.2, 0.25) is 0 Å². The van der Waals surface area contributed by atoms with Crippen LogP contribution < -0.4 is 4.74 Å². The van der Waals surface area contributed by atoms with Gasteiger partial charge in [0.15, 0.2) is 0 Å². The zero-order valence-electron chi connectivity index (χ0n) is 20.5. The lowest BCUT2D eigenvalue weighted by Gasteiger charge is -2.25. The second-order valence-corrected chi connectivity index (χ2v) is 8.89. The Morgan fingerprint density at radius 1 is 0.865 bits per heavy atom. The Hall–Kier alpha value is -4.42. The molecule has 1 fully saturated rings. The van der Waals surface area contributed by atoms with Crippen LogP contribution in [0, 0.1) is 0 Å². The Kier molecular flexibility index (Phi) is 7.01. The van der Waals surface area contributed by atoms with Crippen LogP contribution in [0.5, 0.6) is 5.75 Å². The molecule has 6 nitrogen and oxygen atoms in total. The Morgan fingerprint density at radius 3 is 2.30 bits per heavy atom. The third-order valence-corrected chi connectivity index (χ3v) is 6.54. The van der Waals surface area contributed by atoms with E-state index in [1.165, 1.54) is 4.90 Å². The quantitative estimate of drug-likeness (QED) is 0.200. The SMILES string of the molecule is COCCN1C(=O)C(=O)/C(=C(\O)c2ccc3ccccc3c2)C1c1ccc(OCc2ccccc2)cc1. The summed E-state index contributed by atoms with van der Waals surface area (Å²) in [6, 6.07) is 29.6. The number of methoxy groups -OCH3 is 1. The van der Waals surface area contributed by atoms with Crippen molar-refractivity contribution in [3.05, 3.63) is 119 Å². The van der Waals surface area contributed by atoms with Gasteiger partial charge in [-0.25, -0.2) is 0 Å². The van der Waals surface area contributed by atoms with E-state index in [4.69, 9.17) is 9.47 Å². The van der Waals surface area contributed by atoms with Gasteiger partial charge in [-0.15, -0.1) is 0 Å². The van der Waals surface area contributed by atoms with Crippen molar-refractivity contribution in [2.75, 3.05) is 20.3 Å². The lowest BCUT2D eigenvalue weighted by atomic mass is 9.94. The molecule has 6 heteroatoms. The van der Waals surface area contributed by atoms with E-state index >= 15 is 0 Å². The molecule has 37 heavy (non-hydrogen) atoms. The highest BCUT2D eigenvalue weighted by molar-refractivity contribution is 6.46. The number of fused-ring (bicyclic) bond motifs is 1. The Balaban J connectivity index is 1.50. The monoisotopic (exact) mass is 493 g/mol. The zero-order valence-corrected chi connectivity index (χ0v) is 20.5. The first kappa shape index (κ1) is 24.3. The Bertz CT molecular complexity index is 1460. The van der Waals surface area contributed by atoms with Gasteiger partial charge in [0, 0.05) is 19.2 Å². The Morgan fingerprint density at radius 2 is 1.57 bits per heavy atom. The first-order chi connectivity index (χ1) is 18.1. The highest BCUT2D eigenvalue weighted by atomic mass is 16.5. The zero-order chi connectivity index (χ0) is 25.8. The second kappa shape index (κ2) is 10.7. The van der Waals surface area contributed by atoms with Crippen LogP contribution in [0.25, 0.3) is 16.5 Å². The average Bonchev–Trinajstić information content (AvgIpc) is 3.20. The van der Waals surface area contributed by atoms with E-state index in [2.05, 4.69) is 0 Å². The molecule has 4 aromatic rings. The smallest absolute Gasteiger partial charge is 0.295 e. The number of amides is 1. The molecule has 1 saturated heterocycles. The Labute approximate surface area is 215 Å². The maximum absolute atomic E-state index is 13.2. The molecule has 0 radical (unpaired) electrons. The topological polar surface area (TPSA) is 76.1 Å². The fourth-order valence-corrected chi connectivity index (χ4v) is 4.63. The molecule has 0 aliphatic carbocycles. The van der Waals surface area contributed by atoms with Crippen LogP contribution in [-0.2, 0) is 20.9 Å². The lowest BCUT2D eigenvalue weighted by molar-refractivity contribution is -0.140. The number of likely N-dealkylation sites (tertiary alicyclic amines) is 1. The summed E-state index contributed by atoms with van der Waals surface area (Å²) in [7, 11) is 1.54.